The van der Waals surface area contributed by atoms with Gasteiger partial charge < -0.3 is 10.1 Å². The van der Waals surface area contributed by atoms with Gasteiger partial charge in [0.2, 0.25) is 0 Å². The molecule has 1 aromatic carbocycles. The molecule has 1 amide bonds. The lowest BCUT2D eigenvalue weighted by molar-refractivity contribution is 0.0982. The van der Waals surface area contributed by atoms with Crippen molar-refractivity contribution < 1.29 is 10.0 Å². The molecule has 7 heteroatoms. The first-order chi connectivity index (χ1) is 9.81. The molecule has 0 bridgehead atoms. The second-order valence-corrected chi connectivity index (χ2v) is 5.02. The smallest absolute Gasteiger partial charge is 0.279 e. The van der Waals surface area contributed by atoms with Gasteiger partial charge in [0.25, 0.3) is 5.91 Å². The van der Waals surface area contributed by atoms with Crippen LogP contribution in [0.3, 0.4) is 0 Å². The monoisotopic (exact) mass is 288 g/mol. The Bertz CT molecular complexity index is 654. The second kappa shape index (κ2) is 5.38. The Balaban J connectivity index is 2.06. The molecule has 1 aromatic heterocycles. The molecular formula is C13H12N4O2S. The number of carbonyl (C=O) groups excluding carboxylic acids is 1. The van der Waals surface area contributed by atoms with Crippen molar-refractivity contribution in [2.45, 2.75) is 12.8 Å². The van der Waals surface area contributed by atoms with E-state index >= 15 is 0 Å². The maximum absolute atomic E-state index is 12.5. The lowest BCUT2D eigenvalue weighted by atomic mass is 10.1. The fraction of sp³-hybridized carbons (Fsp3) is 0.231. The van der Waals surface area contributed by atoms with E-state index < -0.39 is 0 Å². The number of anilines is 1. The van der Waals surface area contributed by atoms with Crippen molar-refractivity contribution in [1.82, 2.24) is 9.59 Å². The Kier molecular flexibility index (Phi) is 3.42. The minimum Gasteiger partial charge on any atom is -0.411 e. The standard InChI is InChI=1S/C13H12N4O2S/c18-13(11-8-20-16-14-11)17-7-3-5-10(15-19)9-4-1-2-6-12(9)17/h1-2,4,6,8,19H,3,5,7H2/b15-10-. The third kappa shape index (κ3) is 2.16. The van der Waals surface area contributed by atoms with E-state index in [4.69, 9.17) is 5.21 Å². The topological polar surface area (TPSA) is 78.7 Å². The fourth-order valence-electron chi connectivity index (χ4n) is 2.32. The van der Waals surface area contributed by atoms with Gasteiger partial charge in [-0.05, 0) is 30.4 Å². The van der Waals surface area contributed by atoms with Gasteiger partial charge in [-0.2, -0.15) is 0 Å². The third-order valence-electron chi connectivity index (χ3n) is 3.25. The molecule has 1 N–H and O–H groups in total. The number of fused-ring (bicyclic) bond motifs is 1. The van der Waals surface area contributed by atoms with Crippen LogP contribution in [-0.2, 0) is 0 Å². The van der Waals surface area contributed by atoms with E-state index in [-0.39, 0.29) is 5.91 Å². The lowest BCUT2D eigenvalue weighted by Gasteiger charge is -2.21. The van der Waals surface area contributed by atoms with Gasteiger partial charge in [-0.25, -0.2) is 0 Å². The van der Waals surface area contributed by atoms with Gasteiger partial charge in [0.1, 0.15) is 0 Å². The third-order valence-corrected chi connectivity index (χ3v) is 3.75. The molecule has 0 spiro atoms. The van der Waals surface area contributed by atoms with Crippen LogP contribution in [0.2, 0.25) is 0 Å². The van der Waals surface area contributed by atoms with Crippen molar-refractivity contribution in [3.05, 3.63) is 40.9 Å². The summed E-state index contributed by atoms with van der Waals surface area (Å²) in [6.45, 7) is 0.562. The number of carbonyl (C=O) groups is 1. The van der Waals surface area contributed by atoms with E-state index in [1.165, 1.54) is 0 Å². The summed E-state index contributed by atoms with van der Waals surface area (Å²) in [6.07, 6.45) is 1.37. The Hall–Kier alpha value is -2.28. The summed E-state index contributed by atoms with van der Waals surface area (Å²) in [4.78, 5) is 14.2. The number of oxime groups is 1. The van der Waals surface area contributed by atoms with E-state index in [1.54, 1.807) is 10.3 Å². The SMILES string of the molecule is O=C(c1csnn1)N1CCC/C(=N/O)c2ccccc21. The molecule has 0 radical (unpaired) electrons. The van der Waals surface area contributed by atoms with Crippen LogP contribution in [0.25, 0.3) is 0 Å². The van der Waals surface area contributed by atoms with Crippen LogP contribution < -0.4 is 4.90 Å². The number of nitrogens with zero attached hydrogens (tertiary/aromatic N) is 4. The fourth-order valence-corrected chi connectivity index (χ4v) is 2.75. The van der Waals surface area contributed by atoms with Crippen LogP contribution in [0, 0.1) is 0 Å². The highest BCUT2D eigenvalue weighted by Gasteiger charge is 2.26. The van der Waals surface area contributed by atoms with Crippen LogP contribution in [-0.4, -0.2) is 33.0 Å². The number of amides is 1. The number of hydrogen-bond donors (Lipinski definition) is 1. The van der Waals surface area contributed by atoms with Crippen LogP contribution in [0.5, 0.6) is 0 Å². The zero-order valence-corrected chi connectivity index (χ0v) is 11.4. The molecule has 0 unspecified atom stereocenters. The average molecular weight is 288 g/mol. The minimum absolute atomic E-state index is 0.176. The predicted octanol–water partition coefficient (Wildman–Crippen LogP) is 2.16. The molecule has 0 fully saturated rings. The molecule has 1 aliphatic rings. The average Bonchev–Trinajstić information content (AvgIpc) is 2.95. The van der Waals surface area contributed by atoms with Gasteiger partial charge in [-0.3, -0.25) is 4.79 Å². The summed E-state index contributed by atoms with van der Waals surface area (Å²) >= 11 is 1.15. The highest BCUT2D eigenvalue weighted by molar-refractivity contribution is 7.03. The first-order valence-corrected chi connectivity index (χ1v) is 7.04. The lowest BCUT2D eigenvalue weighted by Crippen LogP contribution is -2.32. The Morgan fingerprint density at radius 3 is 3.00 bits per heavy atom. The van der Waals surface area contributed by atoms with Crippen molar-refractivity contribution in [1.29, 1.82) is 0 Å². The number of hydrogen-bond acceptors (Lipinski definition) is 6. The Labute approximate surface area is 119 Å². The quantitative estimate of drug-likeness (QED) is 0.644. The molecule has 0 saturated carbocycles. The number of aromatic nitrogens is 2. The van der Waals surface area contributed by atoms with E-state index in [9.17, 15) is 4.79 Å². The van der Waals surface area contributed by atoms with Gasteiger partial charge in [0, 0.05) is 17.5 Å². The number of benzene rings is 1. The molecular weight excluding hydrogens is 276 g/mol. The summed E-state index contributed by atoms with van der Waals surface area (Å²) < 4.78 is 3.73. The Morgan fingerprint density at radius 2 is 2.25 bits per heavy atom. The molecule has 2 heterocycles. The molecule has 3 rings (SSSR count). The number of rotatable bonds is 1. The van der Waals surface area contributed by atoms with Crippen molar-refractivity contribution in [3.63, 3.8) is 0 Å². The van der Waals surface area contributed by atoms with Gasteiger partial charge >= 0.3 is 0 Å². The van der Waals surface area contributed by atoms with Gasteiger partial charge in [-0.1, -0.05) is 27.8 Å². The molecule has 1 aliphatic heterocycles. The van der Waals surface area contributed by atoms with Crippen LogP contribution in [0.1, 0.15) is 28.9 Å². The molecule has 0 aliphatic carbocycles. The van der Waals surface area contributed by atoms with E-state index in [1.807, 2.05) is 24.3 Å². The minimum atomic E-state index is -0.176. The largest absolute Gasteiger partial charge is 0.411 e. The highest BCUT2D eigenvalue weighted by Crippen LogP contribution is 2.27. The molecule has 0 saturated heterocycles. The summed E-state index contributed by atoms with van der Waals surface area (Å²) in [5.41, 5.74) is 2.47. The Morgan fingerprint density at radius 1 is 1.40 bits per heavy atom. The van der Waals surface area contributed by atoms with E-state index in [0.29, 0.717) is 24.4 Å². The zero-order chi connectivity index (χ0) is 13.9. The predicted molar refractivity (Wildman–Crippen MR) is 75.6 cm³/mol. The zero-order valence-electron chi connectivity index (χ0n) is 10.6. The van der Waals surface area contributed by atoms with Crippen LogP contribution >= 0.6 is 11.5 Å². The first-order valence-electron chi connectivity index (χ1n) is 6.20. The highest BCUT2D eigenvalue weighted by atomic mass is 32.1. The van der Waals surface area contributed by atoms with Crippen molar-refractivity contribution in [2.24, 2.45) is 5.16 Å². The van der Waals surface area contributed by atoms with Crippen molar-refractivity contribution in [2.75, 3.05) is 11.4 Å². The molecule has 6 nitrogen and oxygen atoms in total. The second-order valence-electron chi connectivity index (χ2n) is 4.41. The van der Waals surface area contributed by atoms with E-state index in [2.05, 4.69) is 14.7 Å². The molecule has 102 valence electrons. The normalized spacial score (nSPS) is 16.8. The van der Waals surface area contributed by atoms with Crippen molar-refractivity contribution in [3.8, 4) is 0 Å². The van der Waals surface area contributed by atoms with E-state index in [0.717, 1.165) is 29.2 Å². The molecule has 20 heavy (non-hydrogen) atoms. The van der Waals surface area contributed by atoms with Gasteiger partial charge in [-0.15, -0.1) is 5.10 Å². The maximum Gasteiger partial charge on any atom is 0.279 e. The maximum atomic E-state index is 12.5. The van der Waals surface area contributed by atoms with Gasteiger partial charge in [0.15, 0.2) is 5.69 Å². The van der Waals surface area contributed by atoms with Crippen LogP contribution in [0.4, 0.5) is 5.69 Å². The summed E-state index contributed by atoms with van der Waals surface area (Å²) in [7, 11) is 0. The van der Waals surface area contributed by atoms with Crippen LogP contribution in [0.15, 0.2) is 34.8 Å². The number of para-hydroxylation sites is 1. The summed E-state index contributed by atoms with van der Waals surface area (Å²) in [6, 6.07) is 7.43. The van der Waals surface area contributed by atoms with Gasteiger partial charge in [0.05, 0.1) is 11.4 Å². The molecule has 2 aromatic rings. The first kappa shape index (κ1) is 12.7. The molecule has 0 atom stereocenters. The van der Waals surface area contributed by atoms with Crippen molar-refractivity contribution >= 4 is 28.8 Å². The summed E-state index contributed by atoms with van der Waals surface area (Å²) in [5.74, 6) is -0.176. The summed E-state index contributed by atoms with van der Waals surface area (Å²) in [5, 5.41) is 18.0.